The van der Waals surface area contributed by atoms with Crippen molar-refractivity contribution in [2.24, 2.45) is 17.2 Å². The van der Waals surface area contributed by atoms with Crippen LogP contribution in [0.2, 0.25) is 0 Å². The SMILES string of the molecule is CC(C)(C)C(=O)N1CCCC(C(=O)NN)C1. The maximum Gasteiger partial charge on any atom is 0.238 e. The average Bonchev–Trinajstić information content (AvgIpc) is 2.26. The zero-order valence-electron chi connectivity index (χ0n) is 10.2. The smallest absolute Gasteiger partial charge is 0.238 e. The Labute approximate surface area is 96.3 Å². The molecule has 0 aromatic carbocycles. The number of amides is 2. The fraction of sp³-hybridized carbons (Fsp3) is 0.818. The standard InChI is InChI=1S/C11H21N3O2/c1-11(2,3)10(16)14-6-4-5-8(7-14)9(15)13-12/h8H,4-7,12H2,1-3H3,(H,13,15). The molecule has 1 rings (SSSR count). The van der Waals surface area contributed by atoms with Gasteiger partial charge in [0.05, 0.1) is 5.92 Å². The van der Waals surface area contributed by atoms with Crippen LogP contribution in [0.4, 0.5) is 0 Å². The summed E-state index contributed by atoms with van der Waals surface area (Å²) in [4.78, 5) is 25.2. The topological polar surface area (TPSA) is 75.4 Å². The average molecular weight is 227 g/mol. The van der Waals surface area contributed by atoms with Crippen molar-refractivity contribution >= 4 is 11.8 Å². The van der Waals surface area contributed by atoms with E-state index < -0.39 is 0 Å². The van der Waals surface area contributed by atoms with Gasteiger partial charge in [-0.2, -0.15) is 0 Å². The van der Waals surface area contributed by atoms with E-state index in [9.17, 15) is 9.59 Å². The Morgan fingerprint density at radius 1 is 1.38 bits per heavy atom. The second-order valence-electron chi connectivity index (χ2n) is 5.35. The van der Waals surface area contributed by atoms with E-state index in [4.69, 9.17) is 5.84 Å². The van der Waals surface area contributed by atoms with Gasteiger partial charge in [0.2, 0.25) is 11.8 Å². The molecule has 5 nitrogen and oxygen atoms in total. The summed E-state index contributed by atoms with van der Waals surface area (Å²) in [7, 11) is 0. The molecule has 1 aliphatic rings. The third kappa shape index (κ3) is 2.95. The first kappa shape index (κ1) is 13.0. The fourth-order valence-corrected chi connectivity index (χ4v) is 1.97. The van der Waals surface area contributed by atoms with Crippen molar-refractivity contribution in [1.29, 1.82) is 0 Å². The number of hydrogen-bond donors (Lipinski definition) is 2. The molecule has 1 fully saturated rings. The first-order valence-corrected chi connectivity index (χ1v) is 5.66. The van der Waals surface area contributed by atoms with E-state index in [1.165, 1.54) is 0 Å². The van der Waals surface area contributed by atoms with Crippen molar-refractivity contribution in [3.63, 3.8) is 0 Å². The summed E-state index contributed by atoms with van der Waals surface area (Å²) < 4.78 is 0. The van der Waals surface area contributed by atoms with Gasteiger partial charge in [0.1, 0.15) is 0 Å². The Morgan fingerprint density at radius 2 is 2.00 bits per heavy atom. The molecular weight excluding hydrogens is 206 g/mol. The monoisotopic (exact) mass is 227 g/mol. The highest BCUT2D eigenvalue weighted by Gasteiger charge is 2.33. The van der Waals surface area contributed by atoms with E-state index in [1.54, 1.807) is 4.90 Å². The predicted octanol–water partition coefficient (Wildman–Crippen LogP) is 0.261. The molecule has 0 aliphatic carbocycles. The molecule has 5 heteroatoms. The van der Waals surface area contributed by atoms with Gasteiger partial charge in [-0.05, 0) is 12.8 Å². The number of nitrogens with two attached hydrogens (primary N) is 1. The molecule has 92 valence electrons. The summed E-state index contributed by atoms with van der Waals surface area (Å²) in [5.74, 6) is 4.87. The molecule has 0 spiro atoms. The minimum Gasteiger partial charge on any atom is -0.341 e. The number of likely N-dealkylation sites (tertiary alicyclic amines) is 1. The van der Waals surface area contributed by atoms with Crippen LogP contribution in [0.3, 0.4) is 0 Å². The molecule has 2 amide bonds. The molecule has 1 heterocycles. The summed E-state index contributed by atoms with van der Waals surface area (Å²) in [5.41, 5.74) is 1.77. The number of piperidine rings is 1. The molecule has 0 radical (unpaired) electrons. The van der Waals surface area contributed by atoms with Gasteiger partial charge < -0.3 is 4.90 Å². The fourth-order valence-electron chi connectivity index (χ4n) is 1.97. The van der Waals surface area contributed by atoms with Gasteiger partial charge in [-0.1, -0.05) is 20.8 Å². The quantitative estimate of drug-likeness (QED) is 0.383. The first-order chi connectivity index (χ1) is 7.36. The minimum absolute atomic E-state index is 0.0991. The number of rotatable bonds is 1. The molecule has 0 aromatic rings. The molecule has 0 aromatic heterocycles. The second-order valence-corrected chi connectivity index (χ2v) is 5.35. The van der Waals surface area contributed by atoms with Gasteiger partial charge in [0, 0.05) is 18.5 Å². The van der Waals surface area contributed by atoms with Crippen molar-refractivity contribution in [2.45, 2.75) is 33.6 Å². The summed E-state index contributed by atoms with van der Waals surface area (Å²) in [6.45, 7) is 6.90. The van der Waals surface area contributed by atoms with Crippen molar-refractivity contribution in [3.8, 4) is 0 Å². The van der Waals surface area contributed by atoms with Crippen molar-refractivity contribution in [3.05, 3.63) is 0 Å². The van der Waals surface area contributed by atoms with E-state index in [0.717, 1.165) is 19.4 Å². The highest BCUT2D eigenvalue weighted by Crippen LogP contribution is 2.23. The summed E-state index contributed by atoms with van der Waals surface area (Å²) in [6.07, 6.45) is 1.66. The summed E-state index contributed by atoms with van der Waals surface area (Å²) in [6, 6.07) is 0. The third-order valence-electron chi connectivity index (χ3n) is 2.86. The zero-order valence-corrected chi connectivity index (χ0v) is 10.2. The number of carbonyl (C=O) groups excluding carboxylic acids is 2. The van der Waals surface area contributed by atoms with Crippen molar-refractivity contribution in [1.82, 2.24) is 10.3 Å². The predicted molar refractivity (Wildman–Crippen MR) is 61.1 cm³/mol. The molecule has 16 heavy (non-hydrogen) atoms. The molecule has 3 N–H and O–H groups in total. The number of hydrazine groups is 1. The van der Waals surface area contributed by atoms with Crippen LogP contribution in [0, 0.1) is 11.3 Å². The lowest BCUT2D eigenvalue weighted by molar-refractivity contribution is -0.142. The largest absolute Gasteiger partial charge is 0.341 e. The van der Waals surface area contributed by atoms with Gasteiger partial charge in [0.25, 0.3) is 0 Å². The first-order valence-electron chi connectivity index (χ1n) is 5.66. The van der Waals surface area contributed by atoms with Crippen LogP contribution in [0.1, 0.15) is 33.6 Å². The number of carbonyl (C=O) groups is 2. The lowest BCUT2D eigenvalue weighted by atomic mass is 9.91. The van der Waals surface area contributed by atoms with E-state index in [-0.39, 0.29) is 23.1 Å². The lowest BCUT2D eigenvalue weighted by Gasteiger charge is -2.35. The van der Waals surface area contributed by atoms with Crippen molar-refractivity contribution < 1.29 is 9.59 Å². The van der Waals surface area contributed by atoms with Crippen LogP contribution in [0.25, 0.3) is 0 Å². The maximum atomic E-state index is 12.0. The highest BCUT2D eigenvalue weighted by atomic mass is 16.2. The van der Waals surface area contributed by atoms with Crippen LogP contribution in [-0.2, 0) is 9.59 Å². The van der Waals surface area contributed by atoms with E-state index >= 15 is 0 Å². The Bertz CT molecular complexity index is 283. The second kappa shape index (κ2) is 4.82. The van der Waals surface area contributed by atoms with Crippen LogP contribution in [0.15, 0.2) is 0 Å². The van der Waals surface area contributed by atoms with Gasteiger partial charge in [-0.25, -0.2) is 5.84 Å². The highest BCUT2D eigenvalue weighted by molar-refractivity contribution is 5.83. The van der Waals surface area contributed by atoms with Crippen LogP contribution in [0.5, 0.6) is 0 Å². The molecule has 1 saturated heterocycles. The lowest BCUT2D eigenvalue weighted by Crippen LogP contribution is -2.49. The maximum absolute atomic E-state index is 12.0. The number of hydrogen-bond acceptors (Lipinski definition) is 3. The number of nitrogens with zero attached hydrogens (tertiary/aromatic N) is 1. The zero-order chi connectivity index (χ0) is 12.3. The molecular formula is C11H21N3O2. The molecule has 0 bridgehead atoms. The van der Waals surface area contributed by atoms with E-state index in [1.807, 2.05) is 20.8 Å². The van der Waals surface area contributed by atoms with Gasteiger partial charge in [-0.15, -0.1) is 0 Å². The minimum atomic E-state index is -0.388. The normalized spacial score (nSPS) is 21.8. The van der Waals surface area contributed by atoms with Crippen LogP contribution >= 0.6 is 0 Å². The number of nitrogens with one attached hydrogen (secondary N) is 1. The Balaban J connectivity index is 2.64. The Morgan fingerprint density at radius 3 is 2.50 bits per heavy atom. The van der Waals surface area contributed by atoms with E-state index in [0.29, 0.717) is 6.54 Å². The summed E-state index contributed by atoms with van der Waals surface area (Å²) >= 11 is 0. The molecule has 1 unspecified atom stereocenters. The third-order valence-corrected chi connectivity index (χ3v) is 2.86. The molecule has 0 saturated carbocycles. The van der Waals surface area contributed by atoms with Crippen LogP contribution in [-0.4, -0.2) is 29.8 Å². The van der Waals surface area contributed by atoms with Crippen LogP contribution < -0.4 is 11.3 Å². The Hall–Kier alpha value is -1.10. The van der Waals surface area contributed by atoms with Gasteiger partial charge >= 0.3 is 0 Å². The van der Waals surface area contributed by atoms with Crippen molar-refractivity contribution in [2.75, 3.05) is 13.1 Å². The molecule has 1 atom stereocenters. The van der Waals surface area contributed by atoms with Gasteiger partial charge in [-0.3, -0.25) is 15.0 Å². The summed E-state index contributed by atoms with van der Waals surface area (Å²) in [5, 5.41) is 0. The van der Waals surface area contributed by atoms with Gasteiger partial charge in [0.15, 0.2) is 0 Å². The molecule has 1 aliphatic heterocycles. The Kier molecular flexibility index (Phi) is 3.91. The van der Waals surface area contributed by atoms with E-state index in [2.05, 4.69) is 5.43 Å².